The number of aromatic amines is 1. The van der Waals surface area contributed by atoms with E-state index in [9.17, 15) is 27.6 Å². The van der Waals surface area contributed by atoms with E-state index < -0.39 is 23.8 Å². The van der Waals surface area contributed by atoms with Gasteiger partial charge in [-0.1, -0.05) is 18.2 Å². The molecule has 1 atom stereocenters. The fourth-order valence-corrected chi connectivity index (χ4v) is 5.00. The van der Waals surface area contributed by atoms with E-state index in [1.807, 2.05) is 0 Å². The number of amides is 2. The Kier molecular flexibility index (Phi) is 9.48. The molecule has 1 unspecified atom stereocenters. The SMILES string of the molecule is COc1cc(C(Nc2ccc(C(=N)N)cc2)c2nn(-c3ccccc3NC(=O)C(F)(F)F)c(=O)[nH]2)ccc1OCCN1CCCC1=O. The summed E-state index contributed by atoms with van der Waals surface area (Å²) >= 11 is 0. The lowest BCUT2D eigenvalue weighted by molar-refractivity contribution is -0.167. The Bertz CT molecular complexity index is 1840. The lowest BCUT2D eigenvalue weighted by Gasteiger charge is -2.21. The van der Waals surface area contributed by atoms with E-state index >= 15 is 0 Å². The second-order valence-electron chi connectivity index (χ2n) is 10.5. The molecule has 6 N–H and O–H groups in total. The van der Waals surface area contributed by atoms with Crippen molar-refractivity contribution in [3.63, 3.8) is 0 Å². The number of halogens is 3. The molecule has 4 aromatic rings. The minimum atomic E-state index is -5.15. The van der Waals surface area contributed by atoms with Gasteiger partial charge in [-0.2, -0.15) is 17.9 Å². The van der Waals surface area contributed by atoms with Gasteiger partial charge in [0.25, 0.3) is 0 Å². The zero-order valence-corrected chi connectivity index (χ0v) is 25.1. The number of carbonyl (C=O) groups is 2. The second-order valence-corrected chi connectivity index (χ2v) is 10.5. The van der Waals surface area contributed by atoms with Crippen LogP contribution in [-0.4, -0.2) is 70.3 Å². The van der Waals surface area contributed by atoms with Crippen LogP contribution < -0.4 is 31.5 Å². The van der Waals surface area contributed by atoms with Gasteiger partial charge in [0, 0.05) is 24.2 Å². The fraction of sp³-hybridized carbons (Fsp3) is 0.258. The third-order valence-corrected chi connectivity index (χ3v) is 7.36. The molecular formula is C31H31F3N8O5. The number of nitrogens with one attached hydrogen (secondary N) is 4. The van der Waals surface area contributed by atoms with Crippen LogP contribution in [0, 0.1) is 5.41 Å². The summed E-state index contributed by atoms with van der Waals surface area (Å²) in [4.78, 5) is 41.2. The summed E-state index contributed by atoms with van der Waals surface area (Å²) in [5.41, 5.74) is 6.03. The number of hydrogen-bond donors (Lipinski definition) is 5. The van der Waals surface area contributed by atoms with E-state index in [0.717, 1.165) is 11.1 Å². The molecule has 0 aliphatic carbocycles. The van der Waals surface area contributed by atoms with Gasteiger partial charge in [-0.3, -0.25) is 20.0 Å². The van der Waals surface area contributed by atoms with Crippen molar-refractivity contribution in [3.8, 4) is 17.2 Å². The molecule has 1 aromatic heterocycles. The molecule has 5 rings (SSSR count). The van der Waals surface area contributed by atoms with E-state index in [1.165, 1.54) is 31.4 Å². The summed E-state index contributed by atoms with van der Waals surface area (Å²) in [6, 6.07) is 16.3. The first kappa shape index (κ1) is 32.6. The lowest BCUT2D eigenvalue weighted by Crippen LogP contribution is -2.30. The second kappa shape index (κ2) is 13.7. The average Bonchev–Trinajstić information content (AvgIpc) is 3.64. The molecule has 0 spiro atoms. The highest BCUT2D eigenvalue weighted by Gasteiger charge is 2.39. The smallest absolute Gasteiger partial charge is 0.471 e. The van der Waals surface area contributed by atoms with Crippen molar-refractivity contribution in [2.45, 2.75) is 25.1 Å². The number of likely N-dealkylation sites (tertiary alicyclic amines) is 1. The van der Waals surface area contributed by atoms with Gasteiger partial charge < -0.3 is 30.7 Å². The van der Waals surface area contributed by atoms with Gasteiger partial charge in [-0.05, 0) is 60.5 Å². The number of para-hydroxylation sites is 2. The van der Waals surface area contributed by atoms with E-state index in [4.69, 9.17) is 20.6 Å². The maximum absolute atomic E-state index is 13.2. The highest BCUT2D eigenvalue weighted by Crippen LogP contribution is 2.34. The maximum atomic E-state index is 13.2. The molecule has 16 heteroatoms. The Morgan fingerprint density at radius 3 is 2.51 bits per heavy atom. The molecule has 0 radical (unpaired) electrons. The van der Waals surface area contributed by atoms with Gasteiger partial charge in [0.05, 0.1) is 25.0 Å². The number of amidine groups is 1. The minimum absolute atomic E-state index is 0.0749. The van der Waals surface area contributed by atoms with Gasteiger partial charge in [-0.15, -0.1) is 5.10 Å². The van der Waals surface area contributed by atoms with E-state index in [2.05, 4.69) is 15.4 Å². The number of ether oxygens (including phenoxy) is 2. The summed E-state index contributed by atoms with van der Waals surface area (Å²) in [5, 5.41) is 17.1. The zero-order chi connectivity index (χ0) is 33.7. The van der Waals surface area contributed by atoms with Crippen molar-refractivity contribution in [2.24, 2.45) is 5.73 Å². The first-order chi connectivity index (χ1) is 22.4. The van der Waals surface area contributed by atoms with Crippen molar-refractivity contribution < 1.29 is 32.2 Å². The van der Waals surface area contributed by atoms with Crippen LogP contribution in [0.5, 0.6) is 11.5 Å². The third-order valence-electron chi connectivity index (χ3n) is 7.36. The van der Waals surface area contributed by atoms with Crippen molar-refractivity contribution in [2.75, 3.05) is 37.4 Å². The van der Waals surface area contributed by atoms with Crippen molar-refractivity contribution >= 4 is 29.0 Å². The number of nitrogens with zero attached hydrogens (tertiary/aromatic N) is 3. The molecule has 47 heavy (non-hydrogen) atoms. The summed E-state index contributed by atoms with van der Waals surface area (Å²) in [7, 11) is 1.46. The van der Waals surface area contributed by atoms with Crippen molar-refractivity contribution in [3.05, 3.63) is 94.2 Å². The first-order valence-corrected chi connectivity index (χ1v) is 14.4. The fourth-order valence-electron chi connectivity index (χ4n) is 5.00. The molecule has 2 amide bonds. The van der Waals surface area contributed by atoms with Gasteiger partial charge in [-0.25, -0.2) is 4.79 Å². The number of carbonyl (C=O) groups excluding carboxylic acids is 2. The van der Waals surface area contributed by atoms with Gasteiger partial charge in [0.15, 0.2) is 17.3 Å². The Balaban J connectivity index is 1.49. The maximum Gasteiger partial charge on any atom is 0.471 e. The van der Waals surface area contributed by atoms with E-state index in [0.29, 0.717) is 47.8 Å². The minimum Gasteiger partial charge on any atom is -0.493 e. The molecule has 13 nitrogen and oxygen atoms in total. The molecule has 0 saturated carbocycles. The monoisotopic (exact) mass is 652 g/mol. The van der Waals surface area contributed by atoms with Crippen molar-refractivity contribution in [1.82, 2.24) is 19.7 Å². The molecule has 3 aromatic carbocycles. The normalized spacial score (nSPS) is 13.7. The first-order valence-electron chi connectivity index (χ1n) is 14.4. The quantitative estimate of drug-likeness (QED) is 0.114. The number of nitrogens with two attached hydrogens (primary N) is 1. The largest absolute Gasteiger partial charge is 0.493 e. The summed E-state index contributed by atoms with van der Waals surface area (Å²) in [6.45, 7) is 1.35. The number of methoxy groups -OCH3 is 1. The number of anilines is 2. The van der Waals surface area contributed by atoms with Crippen LogP contribution in [0.3, 0.4) is 0 Å². The molecule has 1 aliphatic heterocycles. The van der Waals surface area contributed by atoms with Crippen LogP contribution in [0.15, 0.2) is 71.5 Å². The summed E-state index contributed by atoms with van der Waals surface area (Å²) < 4.78 is 51.4. The van der Waals surface area contributed by atoms with E-state index in [-0.39, 0.29) is 35.5 Å². The topological polar surface area (TPSA) is 180 Å². The summed E-state index contributed by atoms with van der Waals surface area (Å²) in [5.74, 6) is -1.40. The molecule has 1 aliphatic rings. The zero-order valence-electron chi connectivity index (χ0n) is 25.1. The average molecular weight is 653 g/mol. The third kappa shape index (κ3) is 7.54. The summed E-state index contributed by atoms with van der Waals surface area (Å²) in [6.07, 6.45) is -3.81. The number of rotatable bonds is 12. The predicted molar refractivity (Wildman–Crippen MR) is 166 cm³/mol. The Hall–Kier alpha value is -5.80. The Labute approximate surface area is 266 Å². The highest BCUT2D eigenvalue weighted by molar-refractivity contribution is 5.96. The number of nitrogen functional groups attached to an aromatic ring is 1. The number of benzene rings is 3. The molecule has 1 fully saturated rings. The van der Waals surface area contributed by atoms with Crippen LogP contribution in [0.25, 0.3) is 5.69 Å². The van der Waals surface area contributed by atoms with Gasteiger partial charge in [0.2, 0.25) is 5.91 Å². The Morgan fingerprint density at radius 2 is 1.85 bits per heavy atom. The van der Waals surface area contributed by atoms with Gasteiger partial charge >= 0.3 is 17.8 Å². The van der Waals surface area contributed by atoms with Crippen molar-refractivity contribution in [1.29, 1.82) is 5.41 Å². The van der Waals surface area contributed by atoms with Crippen LogP contribution >= 0.6 is 0 Å². The van der Waals surface area contributed by atoms with E-state index in [1.54, 1.807) is 52.7 Å². The molecule has 0 bridgehead atoms. The van der Waals surface area contributed by atoms with Crippen LogP contribution in [0.4, 0.5) is 24.5 Å². The predicted octanol–water partition coefficient (Wildman–Crippen LogP) is 3.56. The number of aromatic nitrogens is 3. The van der Waals surface area contributed by atoms with Crippen LogP contribution in [-0.2, 0) is 9.59 Å². The standard InChI is InChI=1S/C31H31F3N8O5/c1-46-24-17-19(10-13-23(24)47-16-15-41-14-4-7-25(41)43)26(37-20-11-8-18(9-12-20)27(35)36)28-39-30(45)42(40-28)22-6-3-2-5-21(22)38-29(44)31(32,33)34/h2-3,5-6,8-13,17,26,37H,4,7,14-16H2,1H3,(H3,35,36)(H,38,44)(H,39,40,45). The number of H-pyrrole nitrogens is 1. The Morgan fingerprint density at radius 1 is 1.11 bits per heavy atom. The number of alkyl halides is 3. The highest BCUT2D eigenvalue weighted by atomic mass is 19.4. The molecule has 1 saturated heterocycles. The molecule has 246 valence electrons. The molecule has 2 heterocycles. The van der Waals surface area contributed by atoms with Crippen LogP contribution in [0.1, 0.15) is 35.8 Å². The number of hydrogen-bond acceptors (Lipinski definition) is 8. The van der Waals surface area contributed by atoms with Gasteiger partial charge in [0.1, 0.15) is 18.5 Å². The lowest BCUT2D eigenvalue weighted by atomic mass is 10.0. The molecular weight excluding hydrogens is 621 g/mol. The van der Waals surface area contributed by atoms with Crippen LogP contribution in [0.2, 0.25) is 0 Å².